The van der Waals surface area contributed by atoms with Crippen molar-refractivity contribution in [3.8, 4) is 0 Å². The molecular weight excluding hydrogens is 274 g/mol. The van der Waals surface area contributed by atoms with E-state index in [4.69, 9.17) is 0 Å². The summed E-state index contributed by atoms with van der Waals surface area (Å²) in [5.41, 5.74) is 0.943. The molecule has 0 atom stereocenters. The first-order valence-corrected chi connectivity index (χ1v) is 7.62. The highest BCUT2D eigenvalue weighted by Gasteiger charge is 2.21. The van der Waals surface area contributed by atoms with Crippen molar-refractivity contribution in [1.82, 2.24) is 9.29 Å². The maximum absolute atomic E-state index is 12.4. The number of hydrogen-bond donors (Lipinski definition) is 1. The Balaban J connectivity index is 2.20. The van der Waals surface area contributed by atoms with Gasteiger partial charge in [-0.1, -0.05) is 30.3 Å². The van der Waals surface area contributed by atoms with Gasteiger partial charge in [0.15, 0.2) is 0 Å². The quantitative estimate of drug-likeness (QED) is 0.914. The second kappa shape index (κ2) is 6.02. The minimum absolute atomic E-state index is 0.190. The van der Waals surface area contributed by atoms with Crippen molar-refractivity contribution in [2.45, 2.75) is 11.4 Å². The van der Waals surface area contributed by atoms with E-state index in [-0.39, 0.29) is 4.90 Å². The van der Waals surface area contributed by atoms with E-state index in [1.165, 1.54) is 10.5 Å². The number of hydrogen-bond acceptors (Lipinski definition) is 4. The summed E-state index contributed by atoms with van der Waals surface area (Å²) >= 11 is 0. The number of benzene rings is 1. The van der Waals surface area contributed by atoms with E-state index in [9.17, 15) is 8.42 Å². The molecule has 0 aliphatic carbocycles. The molecule has 0 saturated carbocycles. The van der Waals surface area contributed by atoms with Crippen molar-refractivity contribution in [1.29, 1.82) is 0 Å². The smallest absolute Gasteiger partial charge is 0.244 e. The van der Waals surface area contributed by atoms with Crippen LogP contribution >= 0.6 is 0 Å². The van der Waals surface area contributed by atoms with Crippen molar-refractivity contribution >= 4 is 15.8 Å². The summed E-state index contributed by atoms with van der Waals surface area (Å²) in [5, 5.41) is 2.86. The predicted octanol–water partition coefficient (Wildman–Crippen LogP) is 1.94. The van der Waals surface area contributed by atoms with Gasteiger partial charge in [0.2, 0.25) is 10.0 Å². The number of pyridine rings is 1. The topological polar surface area (TPSA) is 62.3 Å². The van der Waals surface area contributed by atoms with Gasteiger partial charge in [-0.15, -0.1) is 0 Å². The fraction of sp³-hybridized carbons (Fsp3) is 0.214. The predicted molar refractivity (Wildman–Crippen MR) is 78.9 cm³/mol. The first-order chi connectivity index (χ1) is 9.54. The molecule has 5 nitrogen and oxygen atoms in total. The van der Waals surface area contributed by atoms with Crippen molar-refractivity contribution in [2.75, 3.05) is 19.4 Å². The second-order valence-corrected chi connectivity index (χ2v) is 6.42. The zero-order valence-electron chi connectivity index (χ0n) is 11.4. The van der Waals surface area contributed by atoms with Crippen LogP contribution in [0.15, 0.2) is 53.6 Å². The van der Waals surface area contributed by atoms with E-state index in [1.807, 2.05) is 30.3 Å². The maximum Gasteiger partial charge on any atom is 0.244 e. The van der Waals surface area contributed by atoms with Gasteiger partial charge < -0.3 is 5.32 Å². The van der Waals surface area contributed by atoms with E-state index in [2.05, 4.69) is 10.3 Å². The largest absolute Gasteiger partial charge is 0.373 e. The molecule has 0 bridgehead atoms. The lowest BCUT2D eigenvalue weighted by atomic mass is 10.2. The molecule has 0 radical (unpaired) electrons. The Bertz CT molecular complexity index is 655. The highest BCUT2D eigenvalue weighted by Crippen LogP contribution is 2.17. The highest BCUT2D eigenvalue weighted by molar-refractivity contribution is 7.89. The van der Waals surface area contributed by atoms with Crippen LogP contribution in [0.2, 0.25) is 0 Å². The molecule has 1 aromatic carbocycles. The molecule has 0 spiro atoms. The van der Waals surface area contributed by atoms with Gasteiger partial charge in [-0.05, 0) is 17.7 Å². The normalized spacial score (nSPS) is 11.6. The Morgan fingerprint density at radius 3 is 2.40 bits per heavy atom. The third kappa shape index (κ3) is 3.15. The van der Waals surface area contributed by atoms with Crippen molar-refractivity contribution in [3.05, 3.63) is 54.2 Å². The molecule has 106 valence electrons. The third-order valence-electron chi connectivity index (χ3n) is 2.95. The van der Waals surface area contributed by atoms with Crippen LogP contribution in [0.4, 0.5) is 5.82 Å². The maximum atomic E-state index is 12.4. The van der Waals surface area contributed by atoms with Gasteiger partial charge in [0.1, 0.15) is 10.7 Å². The summed E-state index contributed by atoms with van der Waals surface area (Å²) in [7, 11) is -0.221. The summed E-state index contributed by atoms with van der Waals surface area (Å²) in [6.45, 7) is 0.330. The van der Waals surface area contributed by atoms with E-state index in [0.29, 0.717) is 12.4 Å². The molecule has 1 heterocycles. The van der Waals surface area contributed by atoms with Crippen LogP contribution in [-0.4, -0.2) is 31.8 Å². The molecule has 1 N–H and O–H groups in total. The minimum atomic E-state index is -3.52. The fourth-order valence-corrected chi connectivity index (χ4v) is 2.89. The van der Waals surface area contributed by atoms with Gasteiger partial charge in [-0.25, -0.2) is 13.4 Å². The van der Waals surface area contributed by atoms with Crippen molar-refractivity contribution in [2.24, 2.45) is 0 Å². The Hall–Kier alpha value is -1.92. The Labute approximate surface area is 119 Å². The van der Waals surface area contributed by atoms with Crippen LogP contribution in [0.1, 0.15) is 5.56 Å². The van der Waals surface area contributed by atoms with Crippen LogP contribution in [0.5, 0.6) is 0 Å². The highest BCUT2D eigenvalue weighted by atomic mass is 32.2. The first kappa shape index (κ1) is 14.5. The molecule has 0 fully saturated rings. The molecule has 1 aromatic heterocycles. The first-order valence-electron chi connectivity index (χ1n) is 6.18. The van der Waals surface area contributed by atoms with Gasteiger partial charge in [0, 0.05) is 26.8 Å². The molecule has 0 amide bonds. The lowest BCUT2D eigenvalue weighted by Gasteiger charge is -2.17. The van der Waals surface area contributed by atoms with E-state index >= 15 is 0 Å². The molecule has 2 aromatic rings. The average molecular weight is 291 g/mol. The standard InChI is InChI=1S/C14H17N3O2S/c1-15-14-9-8-13(10-16-14)20(18,19)17(2)11-12-6-4-3-5-7-12/h3-10H,11H2,1-2H3,(H,15,16). The number of aromatic nitrogens is 1. The average Bonchev–Trinajstić information content (AvgIpc) is 2.48. The van der Waals surface area contributed by atoms with Gasteiger partial charge in [-0.2, -0.15) is 4.31 Å². The van der Waals surface area contributed by atoms with Crippen LogP contribution in [-0.2, 0) is 16.6 Å². The van der Waals surface area contributed by atoms with Crippen LogP contribution in [0.25, 0.3) is 0 Å². The molecule has 0 aliphatic rings. The Morgan fingerprint density at radius 2 is 1.85 bits per heavy atom. The SMILES string of the molecule is CNc1ccc(S(=O)(=O)N(C)Cc2ccccc2)cn1. The molecule has 0 saturated heterocycles. The number of nitrogens with one attached hydrogen (secondary N) is 1. The minimum Gasteiger partial charge on any atom is -0.373 e. The zero-order valence-corrected chi connectivity index (χ0v) is 12.3. The van der Waals surface area contributed by atoms with Crippen LogP contribution < -0.4 is 5.32 Å². The van der Waals surface area contributed by atoms with Gasteiger partial charge in [0.05, 0.1) is 0 Å². The second-order valence-electron chi connectivity index (χ2n) is 4.38. The van der Waals surface area contributed by atoms with Gasteiger partial charge in [-0.3, -0.25) is 0 Å². The summed E-state index contributed by atoms with van der Waals surface area (Å²) in [4.78, 5) is 4.23. The van der Waals surface area contributed by atoms with E-state index in [1.54, 1.807) is 26.2 Å². The van der Waals surface area contributed by atoms with E-state index < -0.39 is 10.0 Å². The lowest BCUT2D eigenvalue weighted by molar-refractivity contribution is 0.466. The Morgan fingerprint density at radius 1 is 1.15 bits per heavy atom. The van der Waals surface area contributed by atoms with Crippen molar-refractivity contribution < 1.29 is 8.42 Å². The number of nitrogens with zero attached hydrogens (tertiary/aromatic N) is 2. The monoisotopic (exact) mass is 291 g/mol. The summed E-state index contributed by atoms with van der Waals surface area (Å²) in [6, 6.07) is 12.7. The molecule has 2 rings (SSSR count). The van der Waals surface area contributed by atoms with Crippen molar-refractivity contribution in [3.63, 3.8) is 0 Å². The molecule has 0 unspecified atom stereocenters. The molecular formula is C14H17N3O2S. The van der Waals surface area contributed by atoms with Crippen LogP contribution in [0.3, 0.4) is 0 Å². The lowest BCUT2D eigenvalue weighted by Crippen LogP contribution is -2.26. The summed E-state index contributed by atoms with van der Waals surface area (Å²) in [5.74, 6) is 0.634. The van der Waals surface area contributed by atoms with E-state index in [0.717, 1.165) is 5.56 Å². The zero-order chi connectivity index (χ0) is 14.6. The third-order valence-corrected chi connectivity index (χ3v) is 4.74. The fourth-order valence-electron chi connectivity index (χ4n) is 1.79. The van der Waals surface area contributed by atoms with Crippen LogP contribution in [0, 0.1) is 0 Å². The van der Waals surface area contributed by atoms with Gasteiger partial charge >= 0.3 is 0 Å². The number of anilines is 1. The molecule has 20 heavy (non-hydrogen) atoms. The Kier molecular flexibility index (Phi) is 4.36. The molecule has 0 aliphatic heterocycles. The molecule has 6 heteroatoms. The summed E-state index contributed by atoms with van der Waals surface area (Å²) < 4.78 is 26.1. The number of sulfonamides is 1. The number of rotatable bonds is 5. The summed E-state index contributed by atoms with van der Waals surface area (Å²) in [6.07, 6.45) is 1.36. The van der Waals surface area contributed by atoms with Gasteiger partial charge in [0.25, 0.3) is 0 Å².